The maximum absolute atomic E-state index is 12.9. The van der Waals surface area contributed by atoms with Crippen LogP contribution in [0.4, 0.5) is 0 Å². The van der Waals surface area contributed by atoms with E-state index in [1.807, 2.05) is 47.0 Å². The Bertz CT molecular complexity index is 1240. The largest absolute Gasteiger partial charge is 0.497 e. The molecule has 0 aliphatic carbocycles. The highest BCUT2D eigenvalue weighted by Crippen LogP contribution is 2.35. The number of halogens is 1. The molecule has 8 heteroatoms. The standard InChI is InChI=1S/C20H17ClN2O3S2/c1-25-10-9-23-14-8-7-12(26-2)11-16(14)28-20(23)22-19(24)18-17(21)13-5-3-4-6-15(13)27-18/h3-8,11H,9-10H2,1-2H3. The van der Waals surface area contributed by atoms with Gasteiger partial charge in [0.25, 0.3) is 5.91 Å². The predicted octanol–water partition coefficient (Wildman–Crippen LogP) is 4.97. The van der Waals surface area contributed by atoms with E-state index in [1.165, 1.54) is 22.7 Å². The van der Waals surface area contributed by atoms with Crippen molar-refractivity contribution in [2.24, 2.45) is 4.99 Å². The molecule has 0 bridgehead atoms. The molecule has 4 aromatic rings. The van der Waals surface area contributed by atoms with Gasteiger partial charge in [-0.25, -0.2) is 0 Å². The molecular formula is C20H17ClN2O3S2. The second-order valence-electron chi connectivity index (χ2n) is 6.02. The maximum Gasteiger partial charge on any atom is 0.291 e. The van der Waals surface area contributed by atoms with Crippen molar-refractivity contribution >= 4 is 60.5 Å². The summed E-state index contributed by atoms with van der Waals surface area (Å²) >= 11 is 9.25. The average Bonchev–Trinajstić information content (AvgIpc) is 3.23. The van der Waals surface area contributed by atoms with E-state index in [0.717, 1.165) is 26.1 Å². The van der Waals surface area contributed by atoms with Gasteiger partial charge in [0.1, 0.15) is 10.6 Å². The Morgan fingerprint density at radius 3 is 2.71 bits per heavy atom. The number of methoxy groups -OCH3 is 2. The lowest BCUT2D eigenvalue weighted by molar-refractivity contribution is 0.100. The summed E-state index contributed by atoms with van der Waals surface area (Å²) in [7, 11) is 3.28. The van der Waals surface area contributed by atoms with E-state index in [-0.39, 0.29) is 5.91 Å². The molecule has 4 rings (SSSR count). The fourth-order valence-electron chi connectivity index (χ4n) is 2.95. The first-order valence-electron chi connectivity index (χ1n) is 8.54. The van der Waals surface area contributed by atoms with Crippen LogP contribution >= 0.6 is 34.3 Å². The zero-order chi connectivity index (χ0) is 19.7. The van der Waals surface area contributed by atoms with Crippen molar-refractivity contribution in [1.29, 1.82) is 0 Å². The number of carbonyl (C=O) groups excluding carboxylic acids is 1. The third-order valence-corrected chi connectivity index (χ3v) is 7.04. The molecule has 5 nitrogen and oxygen atoms in total. The molecule has 0 saturated heterocycles. The molecule has 0 atom stereocenters. The second-order valence-corrected chi connectivity index (χ2v) is 8.46. The molecule has 0 aliphatic rings. The van der Waals surface area contributed by atoms with Gasteiger partial charge < -0.3 is 14.0 Å². The van der Waals surface area contributed by atoms with E-state index in [2.05, 4.69) is 4.99 Å². The lowest BCUT2D eigenvalue weighted by Crippen LogP contribution is -2.19. The molecule has 0 fully saturated rings. The summed E-state index contributed by atoms with van der Waals surface area (Å²) in [5.41, 5.74) is 0.983. The first kappa shape index (κ1) is 19.1. The Morgan fingerprint density at radius 1 is 1.14 bits per heavy atom. The van der Waals surface area contributed by atoms with Gasteiger partial charge in [0.05, 0.1) is 29.0 Å². The highest BCUT2D eigenvalue weighted by Gasteiger charge is 2.17. The topological polar surface area (TPSA) is 52.8 Å². The number of nitrogens with zero attached hydrogens (tertiary/aromatic N) is 2. The minimum atomic E-state index is -0.337. The quantitative estimate of drug-likeness (QED) is 0.447. The van der Waals surface area contributed by atoms with Gasteiger partial charge in [-0.1, -0.05) is 41.1 Å². The fourth-order valence-corrected chi connectivity index (χ4v) is 5.43. The molecule has 0 radical (unpaired) electrons. The van der Waals surface area contributed by atoms with Crippen molar-refractivity contribution in [1.82, 2.24) is 4.57 Å². The summed E-state index contributed by atoms with van der Waals surface area (Å²) in [6, 6.07) is 13.5. The van der Waals surface area contributed by atoms with Crippen molar-refractivity contribution in [2.75, 3.05) is 20.8 Å². The van der Waals surface area contributed by atoms with Crippen molar-refractivity contribution in [2.45, 2.75) is 6.54 Å². The predicted molar refractivity (Wildman–Crippen MR) is 115 cm³/mol. The molecule has 2 aromatic carbocycles. The number of hydrogen-bond acceptors (Lipinski definition) is 5. The number of thiophene rings is 1. The number of hydrogen-bond donors (Lipinski definition) is 0. The minimum Gasteiger partial charge on any atom is -0.497 e. The number of ether oxygens (including phenoxy) is 2. The molecule has 2 aromatic heterocycles. The molecule has 0 N–H and O–H groups in total. The zero-order valence-corrected chi connectivity index (χ0v) is 17.7. The number of benzene rings is 2. The van der Waals surface area contributed by atoms with E-state index >= 15 is 0 Å². The summed E-state index contributed by atoms with van der Waals surface area (Å²) in [6.45, 7) is 1.11. The van der Waals surface area contributed by atoms with Crippen LogP contribution in [0.25, 0.3) is 20.3 Å². The van der Waals surface area contributed by atoms with E-state index in [9.17, 15) is 4.79 Å². The lowest BCUT2D eigenvalue weighted by Gasteiger charge is -2.05. The molecule has 1 amide bonds. The zero-order valence-electron chi connectivity index (χ0n) is 15.3. The van der Waals surface area contributed by atoms with Gasteiger partial charge in [-0.3, -0.25) is 4.79 Å². The third-order valence-electron chi connectivity index (χ3n) is 4.34. The van der Waals surface area contributed by atoms with Crippen molar-refractivity contribution < 1.29 is 14.3 Å². The first-order chi connectivity index (χ1) is 13.6. The van der Waals surface area contributed by atoms with Gasteiger partial charge in [0, 0.05) is 23.7 Å². The van der Waals surface area contributed by atoms with Crippen LogP contribution in [0.2, 0.25) is 5.02 Å². The summed E-state index contributed by atoms with van der Waals surface area (Å²) in [4.78, 5) is 18.4. The van der Waals surface area contributed by atoms with E-state index in [0.29, 0.717) is 27.9 Å². The normalized spacial score (nSPS) is 12.2. The van der Waals surface area contributed by atoms with Crippen LogP contribution in [-0.4, -0.2) is 31.3 Å². The number of carbonyl (C=O) groups is 1. The van der Waals surface area contributed by atoms with Crippen molar-refractivity contribution in [3.8, 4) is 5.75 Å². The molecular weight excluding hydrogens is 416 g/mol. The monoisotopic (exact) mass is 432 g/mol. The summed E-state index contributed by atoms with van der Waals surface area (Å²) in [5.74, 6) is 0.425. The number of rotatable bonds is 5. The smallest absolute Gasteiger partial charge is 0.291 e. The molecule has 0 unspecified atom stereocenters. The maximum atomic E-state index is 12.9. The fraction of sp³-hybridized carbons (Fsp3) is 0.200. The first-order valence-corrected chi connectivity index (χ1v) is 10.6. The van der Waals surface area contributed by atoms with Crippen LogP contribution in [0.1, 0.15) is 9.67 Å². The van der Waals surface area contributed by atoms with Gasteiger partial charge in [-0.15, -0.1) is 11.3 Å². The second kappa shape index (κ2) is 8.05. The van der Waals surface area contributed by atoms with Crippen LogP contribution in [0.5, 0.6) is 5.75 Å². The molecule has 144 valence electrons. The van der Waals surface area contributed by atoms with Crippen LogP contribution in [-0.2, 0) is 11.3 Å². The number of amides is 1. The van der Waals surface area contributed by atoms with E-state index < -0.39 is 0 Å². The third kappa shape index (κ3) is 3.46. The Kier molecular flexibility index (Phi) is 5.50. The number of aromatic nitrogens is 1. The van der Waals surface area contributed by atoms with Crippen molar-refractivity contribution in [3.05, 3.63) is 57.2 Å². The Labute approximate surface area is 174 Å². The van der Waals surface area contributed by atoms with Crippen LogP contribution in [0.15, 0.2) is 47.5 Å². The highest BCUT2D eigenvalue weighted by atomic mass is 35.5. The summed E-state index contributed by atoms with van der Waals surface area (Å²) < 4.78 is 14.5. The van der Waals surface area contributed by atoms with Gasteiger partial charge >= 0.3 is 0 Å². The summed E-state index contributed by atoms with van der Waals surface area (Å²) in [5, 5.41) is 1.33. The number of thiazole rings is 1. The molecule has 2 heterocycles. The Morgan fingerprint density at radius 2 is 1.96 bits per heavy atom. The lowest BCUT2D eigenvalue weighted by atomic mass is 10.2. The van der Waals surface area contributed by atoms with Crippen LogP contribution < -0.4 is 9.54 Å². The number of fused-ring (bicyclic) bond motifs is 2. The molecule has 0 aliphatic heterocycles. The van der Waals surface area contributed by atoms with Crippen LogP contribution in [0, 0.1) is 0 Å². The van der Waals surface area contributed by atoms with Gasteiger partial charge in [0.2, 0.25) is 0 Å². The van der Waals surface area contributed by atoms with Crippen molar-refractivity contribution in [3.63, 3.8) is 0 Å². The Balaban J connectivity index is 1.84. The van der Waals surface area contributed by atoms with Gasteiger partial charge in [-0.05, 0) is 24.3 Å². The Hall–Kier alpha value is -2.19. The van der Waals surface area contributed by atoms with E-state index in [1.54, 1.807) is 14.2 Å². The van der Waals surface area contributed by atoms with Gasteiger partial charge in [0.15, 0.2) is 4.80 Å². The summed E-state index contributed by atoms with van der Waals surface area (Å²) in [6.07, 6.45) is 0. The molecule has 0 saturated carbocycles. The minimum absolute atomic E-state index is 0.337. The molecule has 0 spiro atoms. The van der Waals surface area contributed by atoms with Crippen LogP contribution in [0.3, 0.4) is 0 Å². The average molecular weight is 433 g/mol. The molecule has 28 heavy (non-hydrogen) atoms. The van der Waals surface area contributed by atoms with Gasteiger partial charge in [-0.2, -0.15) is 4.99 Å². The SMILES string of the molecule is COCCn1c(=NC(=O)c2sc3ccccc3c2Cl)sc2cc(OC)ccc21. The highest BCUT2D eigenvalue weighted by molar-refractivity contribution is 7.21. The van der Waals surface area contributed by atoms with E-state index in [4.69, 9.17) is 21.1 Å².